The van der Waals surface area contributed by atoms with E-state index < -0.39 is 0 Å². The van der Waals surface area contributed by atoms with Crippen molar-refractivity contribution in [3.8, 4) is 0 Å². The Bertz CT molecular complexity index is 552. The number of imidazole rings is 1. The predicted molar refractivity (Wildman–Crippen MR) is 76.6 cm³/mol. The fourth-order valence-electron chi connectivity index (χ4n) is 2.48. The van der Waals surface area contributed by atoms with Crippen molar-refractivity contribution >= 4 is 11.0 Å². The Balaban J connectivity index is 2.54. The van der Waals surface area contributed by atoms with Crippen LogP contribution in [0.15, 0.2) is 18.2 Å². The minimum absolute atomic E-state index is 0.0823. The van der Waals surface area contributed by atoms with Gasteiger partial charge in [0.15, 0.2) is 0 Å². The van der Waals surface area contributed by atoms with Crippen molar-refractivity contribution in [2.45, 2.75) is 46.7 Å². The Labute approximate surface area is 109 Å². The molecule has 0 bridgehead atoms. The topological polar surface area (TPSA) is 43.8 Å². The molecule has 3 heteroatoms. The van der Waals surface area contributed by atoms with Gasteiger partial charge >= 0.3 is 0 Å². The maximum atomic E-state index is 6.20. The first-order valence-electron chi connectivity index (χ1n) is 6.66. The number of nitrogens with two attached hydrogens (primary N) is 1. The van der Waals surface area contributed by atoms with Crippen LogP contribution in [0.1, 0.15) is 51.2 Å². The maximum absolute atomic E-state index is 6.20. The molecule has 1 heterocycles. The fraction of sp³-hybridized carbons (Fsp3) is 0.533. The molecule has 0 fully saturated rings. The molecule has 2 aromatic rings. The molecule has 0 aliphatic rings. The van der Waals surface area contributed by atoms with Gasteiger partial charge in [0.1, 0.15) is 5.82 Å². The molecule has 1 unspecified atom stereocenters. The molecule has 0 saturated heterocycles. The molecule has 3 nitrogen and oxygen atoms in total. The third kappa shape index (κ3) is 2.15. The minimum atomic E-state index is 0.0823. The van der Waals surface area contributed by atoms with E-state index in [4.69, 9.17) is 5.73 Å². The van der Waals surface area contributed by atoms with E-state index in [-0.39, 0.29) is 6.04 Å². The lowest BCUT2D eigenvalue weighted by Crippen LogP contribution is -2.16. The second-order valence-electron chi connectivity index (χ2n) is 5.64. The first kappa shape index (κ1) is 13.1. The van der Waals surface area contributed by atoms with Crippen LogP contribution in [0.25, 0.3) is 11.0 Å². The van der Waals surface area contributed by atoms with Gasteiger partial charge < -0.3 is 10.3 Å². The van der Waals surface area contributed by atoms with Crippen molar-refractivity contribution in [1.29, 1.82) is 0 Å². The summed E-state index contributed by atoms with van der Waals surface area (Å²) in [5, 5.41) is 0. The van der Waals surface area contributed by atoms with Crippen molar-refractivity contribution in [3.05, 3.63) is 29.6 Å². The van der Waals surface area contributed by atoms with E-state index >= 15 is 0 Å². The molecule has 2 N–H and O–H groups in total. The van der Waals surface area contributed by atoms with Crippen molar-refractivity contribution < 1.29 is 0 Å². The molecule has 0 amide bonds. The zero-order chi connectivity index (χ0) is 13.4. The monoisotopic (exact) mass is 245 g/mol. The normalized spacial score (nSPS) is 13.8. The smallest absolute Gasteiger partial charge is 0.106 e. The molecule has 0 spiro atoms. The van der Waals surface area contributed by atoms with Crippen molar-refractivity contribution in [2.24, 2.45) is 11.7 Å². The van der Waals surface area contributed by atoms with E-state index in [2.05, 4.69) is 62.4 Å². The molecule has 98 valence electrons. The van der Waals surface area contributed by atoms with E-state index in [0.717, 1.165) is 11.3 Å². The molecule has 0 radical (unpaired) electrons. The minimum Gasteiger partial charge on any atom is -0.326 e. The van der Waals surface area contributed by atoms with Crippen LogP contribution in [0.2, 0.25) is 0 Å². The number of nitrogens with zero attached hydrogens (tertiary/aromatic N) is 2. The van der Waals surface area contributed by atoms with Gasteiger partial charge in [0.2, 0.25) is 0 Å². The number of aryl methyl sites for hydroxylation is 1. The molecular weight excluding hydrogens is 222 g/mol. The lowest BCUT2D eigenvalue weighted by molar-refractivity contribution is 0.514. The number of rotatable bonds is 3. The fourth-order valence-corrected chi connectivity index (χ4v) is 2.48. The molecular formula is C15H23N3. The van der Waals surface area contributed by atoms with Crippen molar-refractivity contribution in [3.63, 3.8) is 0 Å². The summed E-state index contributed by atoms with van der Waals surface area (Å²) >= 11 is 0. The van der Waals surface area contributed by atoms with Crippen molar-refractivity contribution in [2.75, 3.05) is 0 Å². The van der Waals surface area contributed by atoms with Crippen LogP contribution < -0.4 is 5.73 Å². The molecule has 1 atom stereocenters. The molecule has 1 aromatic heterocycles. The zero-order valence-corrected chi connectivity index (χ0v) is 11.9. The number of hydrogen-bond donors (Lipinski definition) is 1. The summed E-state index contributed by atoms with van der Waals surface area (Å²) in [7, 11) is 0. The predicted octanol–water partition coefficient (Wildman–Crippen LogP) is 3.58. The molecule has 18 heavy (non-hydrogen) atoms. The molecule has 1 aromatic carbocycles. The number of aromatic nitrogens is 2. The maximum Gasteiger partial charge on any atom is 0.106 e. The highest BCUT2D eigenvalue weighted by atomic mass is 15.1. The number of fused-ring (bicyclic) bond motifs is 1. The molecule has 2 rings (SSSR count). The highest BCUT2D eigenvalue weighted by Gasteiger charge is 2.14. The number of benzene rings is 1. The zero-order valence-electron chi connectivity index (χ0n) is 11.9. The molecule has 0 saturated carbocycles. The Hall–Kier alpha value is -1.35. The Morgan fingerprint density at radius 3 is 2.39 bits per heavy atom. The Morgan fingerprint density at radius 2 is 1.83 bits per heavy atom. The first-order chi connectivity index (χ1) is 8.41. The van der Waals surface area contributed by atoms with Gasteiger partial charge in [0, 0.05) is 12.1 Å². The summed E-state index contributed by atoms with van der Waals surface area (Å²) in [5.74, 6) is 1.51. The third-order valence-corrected chi connectivity index (χ3v) is 3.51. The third-order valence-electron chi connectivity index (χ3n) is 3.51. The van der Waals surface area contributed by atoms with Crippen LogP contribution in [0.3, 0.4) is 0 Å². The molecule has 0 aliphatic carbocycles. The Kier molecular flexibility index (Phi) is 3.44. The summed E-state index contributed by atoms with van der Waals surface area (Å²) in [6.45, 7) is 10.7. The Morgan fingerprint density at radius 1 is 1.17 bits per heavy atom. The summed E-state index contributed by atoms with van der Waals surface area (Å²) in [6.07, 6.45) is 0. The lowest BCUT2D eigenvalue weighted by Gasteiger charge is -2.16. The highest BCUT2D eigenvalue weighted by molar-refractivity contribution is 5.77. The van der Waals surface area contributed by atoms with Gasteiger partial charge in [-0.25, -0.2) is 4.98 Å². The SMILES string of the molecule is Cc1nc2cc(C(N)C(C)C)ccc2n1C(C)C. The van der Waals surface area contributed by atoms with E-state index in [1.807, 2.05) is 0 Å². The van der Waals surface area contributed by atoms with Crippen LogP contribution in [-0.4, -0.2) is 9.55 Å². The van der Waals surface area contributed by atoms with Gasteiger partial charge in [-0.1, -0.05) is 19.9 Å². The largest absolute Gasteiger partial charge is 0.326 e. The van der Waals surface area contributed by atoms with E-state index in [0.29, 0.717) is 12.0 Å². The second kappa shape index (κ2) is 4.73. The summed E-state index contributed by atoms with van der Waals surface area (Å²) in [4.78, 5) is 4.64. The quantitative estimate of drug-likeness (QED) is 0.898. The standard InChI is InChI=1S/C15H23N3/c1-9(2)15(16)12-6-7-14-13(8-12)17-11(5)18(14)10(3)4/h6-10,15H,16H2,1-5H3. The van der Waals surface area contributed by atoms with Gasteiger partial charge in [-0.3, -0.25) is 0 Å². The van der Waals surface area contributed by atoms with Crippen LogP contribution in [0.5, 0.6) is 0 Å². The van der Waals surface area contributed by atoms with Gasteiger partial charge in [-0.2, -0.15) is 0 Å². The van der Waals surface area contributed by atoms with Gasteiger partial charge in [-0.05, 0) is 44.4 Å². The van der Waals surface area contributed by atoms with Crippen LogP contribution in [0, 0.1) is 12.8 Å². The van der Waals surface area contributed by atoms with E-state index in [9.17, 15) is 0 Å². The van der Waals surface area contributed by atoms with Crippen LogP contribution in [-0.2, 0) is 0 Å². The first-order valence-corrected chi connectivity index (χ1v) is 6.66. The average Bonchev–Trinajstić information content (AvgIpc) is 2.62. The summed E-state index contributed by atoms with van der Waals surface area (Å²) < 4.78 is 2.26. The van der Waals surface area contributed by atoms with Crippen LogP contribution in [0.4, 0.5) is 0 Å². The van der Waals surface area contributed by atoms with Crippen molar-refractivity contribution in [1.82, 2.24) is 9.55 Å². The van der Waals surface area contributed by atoms with Crippen LogP contribution >= 0.6 is 0 Å². The van der Waals surface area contributed by atoms with Gasteiger partial charge in [-0.15, -0.1) is 0 Å². The summed E-state index contributed by atoms with van der Waals surface area (Å²) in [6, 6.07) is 6.92. The average molecular weight is 245 g/mol. The van der Waals surface area contributed by atoms with E-state index in [1.54, 1.807) is 0 Å². The van der Waals surface area contributed by atoms with E-state index in [1.165, 1.54) is 11.1 Å². The van der Waals surface area contributed by atoms with Gasteiger partial charge in [0.25, 0.3) is 0 Å². The highest BCUT2D eigenvalue weighted by Crippen LogP contribution is 2.25. The number of hydrogen-bond acceptors (Lipinski definition) is 2. The molecule has 0 aliphatic heterocycles. The van der Waals surface area contributed by atoms with Gasteiger partial charge in [0.05, 0.1) is 11.0 Å². The lowest BCUT2D eigenvalue weighted by atomic mass is 9.97. The summed E-state index contributed by atoms with van der Waals surface area (Å²) in [5.41, 5.74) is 9.62. The second-order valence-corrected chi connectivity index (χ2v) is 5.64.